The molecule has 0 saturated heterocycles. The molecule has 4 saturated carbocycles. The highest BCUT2D eigenvalue weighted by molar-refractivity contribution is 6.30. The molecule has 0 aromatic carbocycles. The van der Waals surface area contributed by atoms with E-state index in [1.807, 2.05) is 0 Å². The van der Waals surface area contributed by atoms with Crippen molar-refractivity contribution in [3.8, 4) is 0 Å². The lowest BCUT2D eigenvalue weighted by atomic mass is 9.49. The number of carbonyl (C=O) groups is 2. The van der Waals surface area contributed by atoms with E-state index in [-0.39, 0.29) is 17.3 Å². The van der Waals surface area contributed by atoms with Crippen LogP contribution in [0.3, 0.4) is 0 Å². The normalized spacial score (nSPS) is 32.9. The van der Waals surface area contributed by atoms with Crippen molar-refractivity contribution in [3.63, 3.8) is 0 Å². The van der Waals surface area contributed by atoms with Crippen molar-refractivity contribution in [1.82, 2.24) is 4.98 Å². The number of hydrogen-bond acceptors (Lipinski definition) is 4. The number of esters is 1. The molecule has 1 aromatic heterocycles. The quantitative estimate of drug-likeness (QED) is 0.781. The SMILES string of the molecule is CC(OC(=O)CC12CC3CC(CC(C3)C1)C2)C(=O)Nc1ccc(Cl)cn1. The molecule has 0 spiro atoms. The summed E-state index contributed by atoms with van der Waals surface area (Å²) in [5.41, 5.74) is 0.125. The number of hydrogen-bond donors (Lipinski definition) is 1. The summed E-state index contributed by atoms with van der Waals surface area (Å²) in [7, 11) is 0. The summed E-state index contributed by atoms with van der Waals surface area (Å²) in [6.07, 6.45) is 8.59. The van der Waals surface area contributed by atoms with Crippen molar-refractivity contribution in [1.29, 1.82) is 0 Å². The van der Waals surface area contributed by atoms with Crippen LogP contribution in [0.4, 0.5) is 5.82 Å². The highest BCUT2D eigenvalue weighted by Gasteiger charge is 2.51. The van der Waals surface area contributed by atoms with Gasteiger partial charge in [-0.05, 0) is 80.8 Å². The summed E-state index contributed by atoms with van der Waals surface area (Å²) in [4.78, 5) is 28.8. The van der Waals surface area contributed by atoms with Crippen molar-refractivity contribution in [2.24, 2.45) is 23.2 Å². The van der Waals surface area contributed by atoms with Crippen LogP contribution < -0.4 is 5.32 Å². The first-order valence-corrected chi connectivity index (χ1v) is 9.90. The number of nitrogens with one attached hydrogen (secondary N) is 1. The minimum atomic E-state index is -0.839. The molecule has 1 atom stereocenters. The molecule has 4 aliphatic rings. The number of anilines is 1. The molecule has 6 heteroatoms. The lowest BCUT2D eigenvalue weighted by Gasteiger charge is -2.56. The topological polar surface area (TPSA) is 68.3 Å². The number of ether oxygens (including phenoxy) is 1. The molecule has 4 aliphatic carbocycles. The van der Waals surface area contributed by atoms with E-state index in [2.05, 4.69) is 10.3 Å². The fourth-order valence-electron chi connectivity index (χ4n) is 5.78. The van der Waals surface area contributed by atoms with Gasteiger partial charge in [-0.15, -0.1) is 0 Å². The molecule has 1 amide bonds. The van der Waals surface area contributed by atoms with Crippen LogP contribution in [-0.4, -0.2) is 23.0 Å². The Hall–Kier alpha value is -1.62. The molecular weight excluding hydrogens is 352 g/mol. The van der Waals surface area contributed by atoms with E-state index in [1.54, 1.807) is 19.1 Å². The third-order valence-electron chi connectivity index (χ3n) is 6.34. The number of halogens is 1. The predicted molar refractivity (Wildman–Crippen MR) is 98.7 cm³/mol. The van der Waals surface area contributed by atoms with E-state index in [1.165, 1.54) is 25.5 Å². The fourth-order valence-corrected chi connectivity index (χ4v) is 5.89. The van der Waals surface area contributed by atoms with E-state index >= 15 is 0 Å². The van der Waals surface area contributed by atoms with Crippen LogP contribution in [0.5, 0.6) is 0 Å². The van der Waals surface area contributed by atoms with Gasteiger partial charge in [-0.2, -0.15) is 0 Å². The third-order valence-corrected chi connectivity index (χ3v) is 6.56. The maximum Gasteiger partial charge on any atom is 0.307 e. The average Bonchev–Trinajstić information content (AvgIpc) is 2.55. The van der Waals surface area contributed by atoms with Gasteiger partial charge in [-0.25, -0.2) is 4.98 Å². The van der Waals surface area contributed by atoms with Crippen LogP contribution in [0.1, 0.15) is 51.9 Å². The minimum absolute atomic E-state index is 0.125. The lowest BCUT2D eigenvalue weighted by molar-refractivity contribution is -0.160. The second-order valence-corrected chi connectivity index (χ2v) is 9.01. The molecule has 140 valence electrons. The monoisotopic (exact) mass is 376 g/mol. The van der Waals surface area contributed by atoms with Gasteiger partial charge in [0.05, 0.1) is 11.4 Å². The van der Waals surface area contributed by atoms with Gasteiger partial charge >= 0.3 is 5.97 Å². The molecule has 5 rings (SSSR count). The molecule has 4 fully saturated rings. The van der Waals surface area contributed by atoms with E-state index in [4.69, 9.17) is 16.3 Å². The van der Waals surface area contributed by atoms with Gasteiger partial charge in [0, 0.05) is 6.20 Å². The molecule has 1 heterocycles. The van der Waals surface area contributed by atoms with Crippen molar-refractivity contribution < 1.29 is 14.3 Å². The van der Waals surface area contributed by atoms with Gasteiger partial charge in [0.2, 0.25) is 0 Å². The second-order valence-electron chi connectivity index (χ2n) is 8.58. The summed E-state index contributed by atoms with van der Waals surface area (Å²) in [5.74, 6) is 2.16. The van der Waals surface area contributed by atoms with Crippen LogP contribution in [0, 0.1) is 23.2 Å². The smallest absolute Gasteiger partial charge is 0.307 e. The first-order chi connectivity index (χ1) is 12.4. The Bertz CT molecular complexity index is 668. The summed E-state index contributed by atoms with van der Waals surface area (Å²) in [6.45, 7) is 1.60. The van der Waals surface area contributed by atoms with Gasteiger partial charge in [0.15, 0.2) is 6.10 Å². The minimum Gasteiger partial charge on any atom is -0.453 e. The number of nitrogens with zero attached hydrogens (tertiary/aromatic N) is 1. The van der Waals surface area contributed by atoms with Gasteiger partial charge in [0.1, 0.15) is 5.82 Å². The average molecular weight is 377 g/mol. The number of amides is 1. The molecular formula is C20H25ClN2O3. The van der Waals surface area contributed by atoms with Gasteiger partial charge in [0.25, 0.3) is 5.91 Å². The van der Waals surface area contributed by atoms with E-state index in [0.717, 1.165) is 37.0 Å². The molecule has 1 unspecified atom stereocenters. The highest BCUT2D eigenvalue weighted by Crippen LogP contribution is 2.61. The molecule has 0 aliphatic heterocycles. The Kier molecular flexibility index (Phi) is 4.68. The van der Waals surface area contributed by atoms with E-state index < -0.39 is 6.10 Å². The van der Waals surface area contributed by atoms with Crippen LogP contribution in [0.2, 0.25) is 5.02 Å². The highest BCUT2D eigenvalue weighted by atomic mass is 35.5. The van der Waals surface area contributed by atoms with Crippen molar-refractivity contribution in [3.05, 3.63) is 23.4 Å². The Balaban J connectivity index is 1.31. The van der Waals surface area contributed by atoms with Gasteiger partial charge in [-0.3, -0.25) is 9.59 Å². The number of aromatic nitrogens is 1. The van der Waals surface area contributed by atoms with Crippen molar-refractivity contribution in [2.75, 3.05) is 5.32 Å². The maximum atomic E-state index is 12.5. The molecule has 4 bridgehead atoms. The summed E-state index contributed by atoms with van der Waals surface area (Å²) < 4.78 is 5.44. The Morgan fingerprint density at radius 3 is 2.38 bits per heavy atom. The lowest BCUT2D eigenvalue weighted by Crippen LogP contribution is -2.47. The van der Waals surface area contributed by atoms with Gasteiger partial charge < -0.3 is 10.1 Å². The largest absolute Gasteiger partial charge is 0.453 e. The first-order valence-electron chi connectivity index (χ1n) is 9.53. The summed E-state index contributed by atoms with van der Waals surface area (Å²) in [5, 5.41) is 3.15. The predicted octanol–water partition coefficient (Wildman–Crippen LogP) is 4.21. The van der Waals surface area contributed by atoms with Crippen LogP contribution in [0.25, 0.3) is 0 Å². The first kappa shape index (κ1) is 17.8. The van der Waals surface area contributed by atoms with Crippen molar-refractivity contribution >= 4 is 29.3 Å². The zero-order chi connectivity index (χ0) is 18.3. The Morgan fingerprint density at radius 2 is 1.85 bits per heavy atom. The van der Waals surface area contributed by atoms with Crippen LogP contribution in [0.15, 0.2) is 18.3 Å². The zero-order valence-corrected chi connectivity index (χ0v) is 15.8. The number of carbonyl (C=O) groups excluding carboxylic acids is 2. The van der Waals surface area contributed by atoms with Crippen LogP contribution in [-0.2, 0) is 14.3 Å². The summed E-state index contributed by atoms with van der Waals surface area (Å²) >= 11 is 5.78. The standard InChI is InChI=1S/C20H25ClN2O3/c1-12(19(25)23-17-3-2-16(21)11-22-17)26-18(24)10-20-7-13-4-14(8-20)6-15(5-13)9-20/h2-3,11-15H,4-10H2,1H3,(H,22,23,25). The second kappa shape index (κ2) is 6.84. The Morgan fingerprint density at radius 1 is 1.23 bits per heavy atom. The zero-order valence-electron chi connectivity index (χ0n) is 15.0. The van der Waals surface area contributed by atoms with E-state index in [0.29, 0.717) is 17.3 Å². The molecule has 26 heavy (non-hydrogen) atoms. The summed E-state index contributed by atoms with van der Waals surface area (Å²) in [6, 6.07) is 3.26. The van der Waals surface area contributed by atoms with Crippen LogP contribution >= 0.6 is 11.6 Å². The fraction of sp³-hybridized carbons (Fsp3) is 0.650. The van der Waals surface area contributed by atoms with E-state index in [9.17, 15) is 9.59 Å². The Labute approximate surface area is 158 Å². The van der Waals surface area contributed by atoms with Gasteiger partial charge in [-0.1, -0.05) is 11.6 Å². The molecule has 0 radical (unpaired) electrons. The number of rotatable bonds is 5. The van der Waals surface area contributed by atoms with Crippen molar-refractivity contribution in [2.45, 2.75) is 58.0 Å². The molecule has 1 aromatic rings. The molecule has 5 nitrogen and oxygen atoms in total. The maximum absolute atomic E-state index is 12.5. The number of pyridine rings is 1. The third kappa shape index (κ3) is 3.73. The molecule has 1 N–H and O–H groups in total.